The summed E-state index contributed by atoms with van der Waals surface area (Å²) < 4.78 is 10.5. The average Bonchev–Trinajstić information content (AvgIpc) is 2.57. The highest BCUT2D eigenvalue weighted by Crippen LogP contribution is 2.32. The zero-order valence-electron chi connectivity index (χ0n) is 12.8. The summed E-state index contributed by atoms with van der Waals surface area (Å²) in [6, 6.07) is 13.6. The fourth-order valence-corrected chi connectivity index (χ4v) is 2.71. The predicted molar refractivity (Wildman–Crippen MR) is 87.2 cm³/mol. The van der Waals surface area contributed by atoms with Crippen LogP contribution in [0.1, 0.15) is 23.1 Å². The van der Waals surface area contributed by atoms with Crippen molar-refractivity contribution < 1.29 is 14.3 Å². The number of hydrogen-bond acceptors (Lipinski definition) is 3. The minimum Gasteiger partial charge on any atom is -0.497 e. The van der Waals surface area contributed by atoms with E-state index < -0.39 is 0 Å². The van der Waals surface area contributed by atoms with Crippen LogP contribution < -0.4 is 9.47 Å². The molecular formula is C19H18O3. The van der Waals surface area contributed by atoms with Gasteiger partial charge >= 0.3 is 0 Å². The van der Waals surface area contributed by atoms with Gasteiger partial charge in [0.2, 0.25) is 0 Å². The van der Waals surface area contributed by atoms with Gasteiger partial charge < -0.3 is 9.47 Å². The van der Waals surface area contributed by atoms with Gasteiger partial charge in [0.1, 0.15) is 11.5 Å². The van der Waals surface area contributed by atoms with Crippen molar-refractivity contribution in [3.8, 4) is 11.5 Å². The first-order valence-corrected chi connectivity index (χ1v) is 7.27. The topological polar surface area (TPSA) is 35.5 Å². The highest BCUT2D eigenvalue weighted by molar-refractivity contribution is 6.26. The van der Waals surface area contributed by atoms with Gasteiger partial charge in [-0.05, 0) is 53.5 Å². The summed E-state index contributed by atoms with van der Waals surface area (Å²) in [6.07, 6.45) is 3.29. The fourth-order valence-electron chi connectivity index (χ4n) is 2.71. The second-order valence-electron chi connectivity index (χ2n) is 5.28. The van der Waals surface area contributed by atoms with Crippen LogP contribution in [0.5, 0.6) is 11.5 Å². The van der Waals surface area contributed by atoms with Crippen molar-refractivity contribution in [2.45, 2.75) is 12.8 Å². The average molecular weight is 294 g/mol. The summed E-state index contributed by atoms with van der Waals surface area (Å²) in [5, 5.41) is 0. The van der Waals surface area contributed by atoms with Crippen LogP contribution >= 0.6 is 0 Å². The van der Waals surface area contributed by atoms with Crippen LogP contribution in [0.3, 0.4) is 0 Å². The molecule has 0 saturated carbocycles. The molecule has 0 atom stereocenters. The third-order valence-electron chi connectivity index (χ3n) is 3.96. The standard InChI is InChI=1S/C19H18O3/c1-21-15-7-3-13(4-8-15)11-18-17-12-16(22-2)9-5-14(17)6-10-19(18)20/h3-5,7-9,11-12H,6,10H2,1-2H3/b18-11+. The number of carbonyl (C=O) groups is 1. The molecule has 0 aromatic heterocycles. The second-order valence-corrected chi connectivity index (χ2v) is 5.28. The molecule has 0 aliphatic heterocycles. The Labute approximate surface area is 130 Å². The Bertz CT molecular complexity index is 727. The Balaban J connectivity index is 2.05. The first-order valence-electron chi connectivity index (χ1n) is 7.27. The molecule has 0 bridgehead atoms. The van der Waals surface area contributed by atoms with Crippen LogP contribution in [-0.4, -0.2) is 20.0 Å². The Kier molecular flexibility index (Phi) is 3.96. The van der Waals surface area contributed by atoms with E-state index in [1.165, 1.54) is 5.56 Å². The second kappa shape index (κ2) is 6.06. The number of hydrogen-bond donors (Lipinski definition) is 0. The first kappa shape index (κ1) is 14.4. The maximum atomic E-state index is 12.4. The SMILES string of the molecule is COc1ccc(/C=C2/C(=O)CCc3ccc(OC)cc32)cc1. The van der Waals surface area contributed by atoms with Crippen LogP contribution in [0, 0.1) is 0 Å². The van der Waals surface area contributed by atoms with Gasteiger partial charge in [-0.1, -0.05) is 18.2 Å². The van der Waals surface area contributed by atoms with Gasteiger partial charge in [-0.25, -0.2) is 0 Å². The zero-order chi connectivity index (χ0) is 15.5. The van der Waals surface area contributed by atoms with Gasteiger partial charge in [0.15, 0.2) is 5.78 Å². The maximum Gasteiger partial charge on any atom is 0.163 e. The van der Waals surface area contributed by atoms with Crippen LogP contribution in [0.25, 0.3) is 11.6 Å². The number of rotatable bonds is 3. The third kappa shape index (κ3) is 2.75. The Morgan fingerprint density at radius 1 is 0.909 bits per heavy atom. The summed E-state index contributed by atoms with van der Waals surface area (Å²) in [5.41, 5.74) is 3.91. The molecule has 2 aromatic rings. The van der Waals surface area contributed by atoms with E-state index in [-0.39, 0.29) is 5.78 Å². The molecule has 112 valence electrons. The normalized spacial score (nSPS) is 15.5. The third-order valence-corrected chi connectivity index (χ3v) is 3.96. The number of aryl methyl sites for hydroxylation is 1. The molecule has 1 aliphatic rings. The summed E-state index contributed by atoms with van der Waals surface area (Å²) in [6.45, 7) is 0. The lowest BCUT2D eigenvalue weighted by atomic mass is 9.85. The quantitative estimate of drug-likeness (QED) is 0.809. The molecule has 3 heteroatoms. The van der Waals surface area contributed by atoms with E-state index in [4.69, 9.17) is 9.47 Å². The van der Waals surface area contributed by atoms with E-state index in [9.17, 15) is 4.79 Å². The molecule has 0 unspecified atom stereocenters. The van der Waals surface area contributed by atoms with E-state index in [0.29, 0.717) is 6.42 Å². The molecule has 22 heavy (non-hydrogen) atoms. The van der Waals surface area contributed by atoms with Crippen molar-refractivity contribution in [3.05, 3.63) is 59.2 Å². The van der Waals surface area contributed by atoms with Crippen LogP contribution in [0.2, 0.25) is 0 Å². The number of allylic oxidation sites excluding steroid dienone is 1. The van der Waals surface area contributed by atoms with Crippen molar-refractivity contribution in [2.24, 2.45) is 0 Å². The molecule has 0 spiro atoms. The molecule has 2 aromatic carbocycles. The molecule has 0 heterocycles. The van der Waals surface area contributed by atoms with E-state index >= 15 is 0 Å². The number of methoxy groups -OCH3 is 2. The largest absolute Gasteiger partial charge is 0.497 e. The van der Waals surface area contributed by atoms with Gasteiger partial charge in [0.25, 0.3) is 0 Å². The Hall–Kier alpha value is -2.55. The van der Waals surface area contributed by atoms with Gasteiger partial charge in [-0.15, -0.1) is 0 Å². The van der Waals surface area contributed by atoms with Gasteiger partial charge in [0, 0.05) is 12.0 Å². The molecule has 0 amide bonds. The molecular weight excluding hydrogens is 276 g/mol. The van der Waals surface area contributed by atoms with Crippen LogP contribution in [-0.2, 0) is 11.2 Å². The number of ketones is 1. The highest BCUT2D eigenvalue weighted by atomic mass is 16.5. The number of carbonyl (C=O) groups excluding carboxylic acids is 1. The molecule has 0 N–H and O–H groups in total. The van der Waals surface area contributed by atoms with Crippen molar-refractivity contribution in [1.82, 2.24) is 0 Å². The number of Topliss-reactive ketones (excluding diaryl/α,β-unsaturated/α-hetero) is 1. The molecule has 3 rings (SSSR count). The van der Waals surface area contributed by atoms with E-state index in [2.05, 4.69) is 0 Å². The summed E-state index contributed by atoms with van der Waals surface area (Å²) in [7, 11) is 3.28. The van der Waals surface area contributed by atoms with E-state index in [1.54, 1.807) is 14.2 Å². The fraction of sp³-hybridized carbons (Fsp3) is 0.211. The lowest BCUT2D eigenvalue weighted by molar-refractivity contribution is -0.113. The molecule has 3 nitrogen and oxygen atoms in total. The number of ether oxygens (including phenoxy) is 2. The molecule has 0 saturated heterocycles. The summed E-state index contributed by atoms with van der Waals surface area (Å²) >= 11 is 0. The van der Waals surface area contributed by atoms with Crippen LogP contribution in [0.4, 0.5) is 0 Å². The zero-order valence-corrected chi connectivity index (χ0v) is 12.8. The van der Waals surface area contributed by atoms with Crippen molar-refractivity contribution in [2.75, 3.05) is 14.2 Å². The Morgan fingerprint density at radius 3 is 2.27 bits per heavy atom. The molecule has 0 fully saturated rings. The highest BCUT2D eigenvalue weighted by Gasteiger charge is 2.21. The Morgan fingerprint density at radius 2 is 1.59 bits per heavy atom. The molecule has 1 aliphatic carbocycles. The maximum absolute atomic E-state index is 12.4. The lowest BCUT2D eigenvalue weighted by Crippen LogP contribution is -2.12. The predicted octanol–water partition coefficient (Wildman–Crippen LogP) is 3.76. The van der Waals surface area contributed by atoms with Gasteiger partial charge in [-0.3, -0.25) is 4.79 Å². The van der Waals surface area contributed by atoms with Crippen molar-refractivity contribution in [3.63, 3.8) is 0 Å². The van der Waals surface area contributed by atoms with Gasteiger partial charge in [0.05, 0.1) is 14.2 Å². The van der Waals surface area contributed by atoms with Crippen LogP contribution in [0.15, 0.2) is 42.5 Å². The minimum atomic E-state index is 0.177. The summed E-state index contributed by atoms with van der Waals surface area (Å²) in [4.78, 5) is 12.4. The number of benzene rings is 2. The van der Waals surface area contributed by atoms with E-state index in [1.807, 2.05) is 48.5 Å². The molecule has 0 radical (unpaired) electrons. The lowest BCUT2D eigenvalue weighted by Gasteiger charge is -2.19. The number of fused-ring (bicyclic) bond motifs is 1. The monoisotopic (exact) mass is 294 g/mol. The summed E-state index contributed by atoms with van der Waals surface area (Å²) in [5.74, 6) is 1.75. The first-order chi connectivity index (χ1) is 10.7. The van der Waals surface area contributed by atoms with Crippen molar-refractivity contribution >= 4 is 17.4 Å². The van der Waals surface area contributed by atoms with Gasteiger partial charge in [-0.2, -0.15) is 0 Å². The van der Waals surface area contributed by atoms with Crippen molar-refractivity contribution in [1.29, 1.82) is 0 Å². The minimum absolute atomic E-state index is 0.177. The smallest absolute Gasteiger partial charge is 0.163 e. The van der Waals surface area contributed by atoms with E-state index in [0.717, 1.165) is 34.6 Å².